The summed E-state index contributed by atoms with van der Waals surface area (Å²) in [5.74, 6) is -1.09. The molecule has 1 aromatic heterocycles. The average Bonchev–Trinajstić information content (AvgIpc) is 2.71. The fourth-order valence-electron chi connectivity index (χ4n) is 1.61. The number of carboxylic acids is 1. The monoisotopic (exact) mass is 270 g/mol. The lowest BCUT2D eigenvalue weighted by Crippen LogP contribution is -2.36. The Kier molecular flexibility index (Phi) is 5.77. The maximum atomic E-state index is 11.9. The number of aliphatic carboxylic acids is 1. The van der Waals surface area contributed by atoms with Crippen LogP contribution in [0.5, 0.6) is 0 Å². The summed E-state index contributed by atoms with van der Waals surface area (Å²) in [6.45, 7) is 4.10. The summed E-state index contributed by atoms with van der Waals surface area (Å²) in [5.41, 5.74) is 0.957. The Labute approximate surface area is 110 Å². The van der Waals surface area contributed by atoms with Gasteiger partial charge in [0.05, 0.1) is 5.01 Å². The van der Waals surface area contributed by atoms with Crippen LogP contribution in [-0.2, 0) is 16.0 Å². The lowest BCUT2D eigenvalue weighted by molar-refractivity contribution is -0.144. The Hall–Kier alpha value is -1.43. The molecular formula is C12H18N2O3S. The molecule has 0 saturated carbocycles. The van der Waals surface area contributed by atoms with E-state index in [0.29, 0.717) is 19.4 Å². The summed E-state index contributed by atoms with van der Waals surface area (Å²) < 4.78 is 0. The minimum absolute atomic E-state index is 0.118. The summed E-state index contributed by atoms with van der Waals surface area (Å²) in [7, 11) is 0. The third-order valence-corrected chi connectivity index (χ3v) is 3.42. The molecule has 18 heavy (non-hydrogen) atoms. The number of aromatic nitrogens is 1. The summed E-state index contributed by atoms with van der Waals surface area (Å²) in [4.78, 5) is 28.2. The van der Waals surface area contributed by atoms with Crippen molar-refractivity contribution in [1.29, 1.82) is 0 Å². The number of thiazole rings is 1. The molecule has 0 unspecified atom stereocenters. The molecule has 6 heteroatoms. The van der Waals surface area contributed by atoms with E-state index in [1.54, 1.807) is 0 Å². The van der Waals surface area contributed by atoms with Gasteiger partial charge in [-0.15, -0.1) is 11.3 Å². The SMILES string of the molecule is CCCN(CC(=O)O)C(=O)CCc1nc(C)cs1. The molecule has 0 spiro atoms. The van der Waals surface area contributed by atoms with E-state index in [2.05, 4.69) is 4.98 Å². The summed E-state index contributed by atoms with van der Waals surface area (Å²) >= 11 is 1.53. The second-order valence-corrected chi connectivity index (χ2v) is 5.03. The first-order valence-electron chi connectivity index (χ1n) is 5.93. The zero-order chi connectivity index (χ0) is 13.5. The van der Waals surface area contributed by atoms with Crippen LogP contribution in [0.1, 0.15) is 30.5 Å². The topological polar surface area (TPSA) is 70.5 Å². The molecule has 1 heterocycles. The highest BCUT2D eigenvalue weighted by Crippen LogP contribution is 2.11. The standard InChI is InChI=1S/C12H18N2O3S/c1-3-6-14(7-12(16)17)11(15)5-4-10-13-9(2)8-18-10/h8H,3-7H2,1-2H3,(H,16,17). The molecule has 1 rings (SSSR count). The minimum atomic E-state index is -0.970. The molecule has 0 fully saturated rings. The number of carbonyl (C=O) groups excluding carboxylic acids is 1. The number of carbonyl (C=O) groups is 2. The molecular weight excluding hydrogens is 252 g/mol. The van der Waals surface area contributed by atoms with E-state index in [4.69, 9.17) is 5.11 Å². The molecule has 1 aromatic rings. The fourth-order valence-corrected chi connectivity index (χ4v) is 2.39. The molecule has 0 aliphatic carbocycles. The number of hydrogen-bond acceptors (Lipinski definition) is 4. The largest absolute Gasteiger partial charge is 0.480 e. The van der Waals surface area contributed by atoms with Gasteiger partial charge in [-0.25, -0.2) is 4.98 Å². The van der Waals surface area contributed by atoms with Crippen LogP contribution in [0.15, 0.2) is 5.38 Å². The van der Waals surface area contributed by atoms with Gasteiger partial charge in [0.2, 0.25) is 5.91 Å². The normalized spacial score (nSPS) is 10.3. The van der Waals surface area contributed by atoms with Crippen molar-refractivity contribution in [2.45, 2.75) is 33.1 Å². The molecule has 0 aliphatic heterocycles. The first-order chi connectivity index (χ1) is 8.52. The van der Waals surface area contributed by atoms with Gasteiger partial charge in [0.25, 0.3) is 0 Å². The Morgan fingerprint density at radius 1 is 1.50 bits per heavy atom. The van der Waals surface area contributed by atoms with Crippen LogP contribution in [0.25, 0.3) is 0 Å². The van der Waals surface area contributed by atoms with Gasteiger partial charge >= 0.3 is 5.97 Å². The van der Waals surface area contributed by atoms with Gasteiger partial charge in [0, 0.05) is 30.5 Å². The molecule has 100 valence electrons. The smallest absolute Gasteiger partial charge is 0.323 e. The Balaban J connectivity index is 2.48. The summed E-state index contributed by atoms with van der Waals surface area (Å²) in [6, 6.07) is 0. The van der Waals surface area contributed by atoms with Crippen LogP contribution in [0.4, 0.5) is 0 Å². The molecule has 0 aliphatic rings. The van der Waals surface area contributed by atoms with Crippen molar-refractivity contribution < 1.29 is 14.7 Å². The highest BCUT2D eigenvalue weighted by atomic mass is 32.1. The molecule has 0 radical (unpaired) electrons. The highest BCUT2D eigenvalue weighted by molar-refractivity contribution is 7.09. The van der Waals surface area contributed by atoms with Gasteiger partial charge in [-0.05, 0) is 13.3 Å². The van der Waals surface area contributed by atoms with Crippen molar-refractivity contribution in [2.24, 2.45) is 0 Å². The van der Waals surface area contributed by atoms with Crippen LogP contribution in [-0.4, -0.2) is 40.0 Å². The van der Waals surface area contributed by atoms with E-state index in [-0.39, 0.29) is 12.5 Å². The number of amides is 1. The van der Waals surface area contributed by atoms with Crippen LogP contribution >= 0.6 is 11.3 Å². The zero-order valence-corrected chi connectivity index (χ0v) is 11.5. The van der Waals surface area contributed by atoms with Gasteiger partial charge in [0.1, 0.15) is 6.54 Å². The van der Waals surface area contributed by atoms with Crippen molar-refractivity contribution in [2.75, 3.05) is 13.1 Å². The van der Waals surface area contributed by atoms with E-state index in [1.165, 1.54) is 16.2 Å². The van der Waals surface area contributed by atoms with Crippen molar-refractivity contribution in [3.05, 3.63) is 16.1 Å². The van der Waals surface area contributed by atoms with Crippen molar-refractivity contribution in [3.63, 3.8) is 0 Å². The highest BCUT2D eigenvalue weighted by Gasteiger charge is 2.16. The zero-order valence-electron chi connectivity index (χ0n) is 10.7. The van der Waals surface area contributed by atoms with E-state index >= 15 is 0 Å². The second-order valence-electron chi connectivity index (χ2n) is 4.09. The summed E-state index contributed by atoms with van der Waals surface area (Å²) in [5, 5.41) is 11.6. The maximum absolute atomic E-state index is 11.9. The van der Waals surface area contributed by atoms with Crippen LogP contribution < -0.4 is 0 Å². The molecule has 0 atom stereocenters. The number of hydrogen-bond donors (Lipinski definition) is 1. The average molecular weight is 270 g/mol. The molecule has 5 nitrogen and oxygen atoms in total. The Bertz CT molecular complexity index is 417. The number of aryl methyl sites for hydroxylation is 2. The lowest BCUT2D eigenvalue weighted by atomic mass is 10.2. The molecule has 1 N–H and O–H groups in total. The minimum Gasteiger partial charge on any atom is -0.480 e. The predicted octanol–water partition coefficient (Wildman–Crippen LogP) is 1.71. The molecule has 0 saturated heterocycles. The maximum Gasteiger partial charge on any atom is 0.323 e. The third kappa shape index (κ3) is 4.83. The van der Waals surface area contributed by atoms with E-state index in [0.717, 1.165) is 17.1 Å². The van der Waals surface area contributed by atoms with Crippen LogP contribution in [0, 0.1) is 6.92 Å². The van der Waals surface area contributed by atoms with Crippen molar-refractivity contribution in [3.8, 4) is 0 Å². The van der Waals surface area contributed by atoms with Crippen molar-refractivity contribution >= 4 is 23.2 Å². The van der Waals surface area contributed by atoms with E-state index < -0.39 is 5.97 Å². The van der Waals surface area contributed by atoms with Gasteiger partial charge in [-0.2, -0.15) is 0 Å². The Morgan fingerprint density at radius 3 is 2.72 bits per heavy atom. The molecule has 0 bridgehead atoms. The van der Waals surface area contributed by atoms with Gasteiger partial charge in [-0.1, -0.05) is 6.92 Å². The second kappa shape index (κ2) is 7.10. The number of rotatable bonds is 7. The predicted molar refractivity (Wildman–Crippen MR) is 69.7 cm³/mol. The first kappa shape index (κ1) is 14.6. The lowest BCUT2D eigenvalue weighted by Gasteiger charge is -2.19. The summed E-state index contributed by atoms with van der Waals surface area (Å²) in [6.07, 6.45) is 1.66. The van der Waals surface area contributed by atoms with Crippen LogP contribution in [0.2, 0.25) is 0 Å². The van der Waals surface area contributed by atoms with Crippen LogP contribution in [0.3, 0.4) is 0 Å². The first-order valence-corrected chi connectivity index (χ1v) is 6.81. The van der Waals surface area contributed by atoms with Crippen molar-refractivity contribution in [1.82, 2.24) is 9.88 Å². The molecule has 0 aromatic carbocycles. The van der Waals surface area contributed by atoms with E-state index in [1.807, 2.05) is 19.2 Å². The number of nitrogens with zero attached hydrogens (tertiary/aromatic N) is 2. The quantitative estimate of drug-likeness (QED) is 0.818. The third-order valence-electron chi connectivity index (χ3n) is 2.39. The van der Waals surface area contributed by atoms with Gasteiger partial charge < -0.3 is 10.0 Å². The molecule has 1 amide bonds. The van der Waals surface area contributed by atoms with Gasteiger partial charge in [-0.3, -0.25) is 9.59 Å². The van der Waals surface area contributed by atoms with E-state index in [9.17, 15) is 9.59 Å². The van der Waals surface area contributed by atoms with Gasteiger partial charge in [0.15, 0.2) is 0 Å². The fraction of sp³-hybridized carbons (Fsp3) is 0.583. The number of carboxylic acid groups (broad SMARTS) is 1. The Morgan fingerprint density at radius 2 is 2.22 bits per heavy atom.